The smallest absolute Gasteiger partial charge is 0.163 e. The van der Waals surface area contributed by atoms with Crippen LogP contribution < -0.4 is 0 Å². The van der Waals surface area contributed by atoms with Crippen molar-refractivity contribution in [3.8, 4) is 0 Å². The SMILES string of the molecule is C/C(=C/Cl)CCC(=O)c1ccccc1. The summed E-state index contributed by atoms with van der Waals surface area (Å²) in [5, 5.41) is 0. The van der Waals surface area contributed by atoms with Crippen molar-refractivity contribution in [3.63, 3.8) is 0 Å². The van der Waals surface area contributed by atoms with Crippen LogP contribution in [-0.4, -0.2) is 5.78 Å². The minimum atomic E-state index is 0.170. The largest absolute Gasteiger partial charge is 0.294 e. The molecule has 0 aliphatic rings. The van der Waals surface area contributed by atoms with Crippen molar-refractivity contribution in [2.75, 3.05) is 0 Å². The van der Waals surface area contributed by atoms with Gasteiger partial charge in [0.05, 0.1) is 0 Å². The third kappa shape index (κ3) is 3.35. The van der Waals surface area contributed by atoms with E-state index in [0.717, 1.165) is 17.6 Å². The van der Waals surface area contributed by atoms with Crippen molar-refractivity contribution in [1.82, 2.24) is 0 Å². The monoisotopic (exact) mass is 208 g/mol. The van der Waals surface area contributed by atoms with E-state index in [2.05, 4.69) is 0 Å². The summed E-state index contributed by atoms with van der Waals surface area (Å²) in [4.78, 5) is 11.6. The number of halogens is 1. The Kier molecular flexibility index (Phi) is 4.41. The van der Waals surface area contributed by atoms with Gasteiger partial charge in [-0.3, -0.25) is 4.79 Å². The summed E-state index contributed by atoms with van der Waals surface area (Å²) in [7, 11) is 0. The third-order valence-electron chi connectivity index (χ3n) is 2.03. The molecule has 0 bridgehead atoms. The predicted octanol–water partition coefficient (Wildman–Crippen LogP) is 3.79. The van der Waals surface area contributed by atoms with Gasteiger partial charge in [-0.15, -0.1) is 0 Å². The lowest BCUT2D eigenvalue weighted by Gasteiger charge is -2.00. The zero-order chi connectivity index (χ0) is 10.4. The van der Waals surface area contributed by atoms with Crippen LogP contribution in [0.25, 0.3) is 0 Å². The van der Waals surface area contributed by atoms with Gasteiger partial charge in [0.2, 0.25) is 0 Å². The van der Waals surface area contributed by atoms with Crippen LogP contribution in [0.15, 0.2) is 41.4 Å². The fourth-order valence-corrected chi connectivity index (χ4v) is 1.24. The summed E-state index contributed by atoms with van der Waals surface area (Å²) in [6.07, 6.45) is 1.26. The number of rotatable bonds is 4. The fourth-order valence-electron chi connectivity index (χ4n) is 1.13. The van der Waals surface area contributed by atoms with Crippen LogP contribution in [0.1, 0.15) is 30.1 Å². The molecule has 74 valence electrons. The Morgan fingerprint density at radius 1 is 1.29 bits per heavy atom. The number of benzene rings is 1. The first kappa shape index (κ1) is 11.0. The van der Waals surface area contributed by atoms with Gasteiger partial charge in [-0.1, -0.05) is 47.5 Å². The molecule has 0 heterocycles. The molecule has 2 heteroatoms. The zero-order valence-corrected chi connectivity index (χ0v) is 8.92. The van der Waals surface area contributed by atoms with Gasteiger partial charge in [-0.25, -0.2) is 0 Å². The van der Waals surface area contributed by atoms with Crippen molar-refractivity contribution in [3.05, 3.63) is 47.0 Å². The average Bonchev–Trinajstić information content (AvgIpc) is 2.26. The lowest BCUT2D eigenvalue weighted by Crippen LogP contribution is -1.98. The third-order valence-corrected chi connectivity index (χ3v) is 2.40. The first-order valence-electron chi connectivity index (χ1n) is 4.58. The van der Waals surface area contributed by atoms with Crippen molar-refractivity contribution in [1.29, 1.82) is 0 Å². The average molecular weight is 209 g/mol. The Balaban J connectivity index is 2.52. The molecule has 0 atom stereocenters. The van der Waals surface area contributed by atoms with Gasteiger partial charge in [0, 0.05) is 17.5 Å². The molecule has 0 aromatic heterocycles. The van der Waals surface area contributed by atoms with Crippen LogP contribution in [0.2, 0.25) is 0 Å². The molecule has 0 amide bonds. The molecule has 1 aromatic rings. The van der Waals surface area contributed by atoms with E-state index in [1.807, 2.05) is 37.3 Å². The number of hydrogen-bond acceptors (Lipinski definition) is 1. The lowest BCUT2D eigenvalue weighted by molar-refractivity contribution is 0.0983. The van der Waals surface area contributed by atoms with E-state index in [1.165, 1.54) is 5.54 Å². The highest BCUT2D eigenvalue weighted by molar-refractivity contribution is 6.25. The maximum atomic E-state index is 11.6. The quantitative estimate of drug-likeness (QED) is 0.688. The zero-order valence-electron chi connectivity index (χ0n) is 8.16. The summed E-state index contributed by atoms with van der Waals surface area (Å²) in [6, 6.07) is 9.32. The van der Waals surface area contributed by atoms with Crippen molar-refractivity contribution in [2.45, 2.75) is 19.8 Å². The van der Waals surface area contributed by atoms with Crippen LogP contribution >= 0.6 is 11.6 Å². The van der Waals surface area contributed by atoms with Gasteiger partial charge in [-0.05, 0) is 13.3 Å². The molecule has 0 saturated heterocycles. The van der Waals surface area contributed by atoms with Crippen molar-refractivity contribution >= 4 is 17.4 Å². The highest BCUT2D eigenvalue weighted by Crippen LogP contribution is 2.10. The molecular formula is C12H13ClO. The van der Waals surface area contributed by atoms with Gasteiger partial charge in [0.1, 0.15) is 0 Å². The molecule has 0 unspecified atom stereocenters. The van der Waals surface area contributed by atoms with E-state index >= 15 is 0 Å². The molecule has 0 radical (unpaired) electrons. The normalized spacial score (nSPS) is 11.4. The second-order valence-electron chi connectivity index (χ2n) is 3.24. The maximum Gasteiger partial charge on any atom is 0.163 e. The van der Waals surface area contributed by atoms with Crippen molar-refractivity contribution in [2.24, 2.45) is 0 Å². The van der Waals surface area contributed by atoms with Crippen molar-refractivity contribution < 1.29 is 4.79 Å². The van der Waals surface area contributed by atoms with E-state index in [1.54, 1.807) is 0 Å². The Labute approximate surface area is 89.4 Å². The number of Topliss-reactive ketones (excluding diaryl/α,β-unsaturated/α-hetero) is 1. The highest BCUT2D eigenvalue weighted by atomic mass is 35.5. The van der Waals surface area contributed by atoms with Crippen LogP contribution in [0.3, 0.4) is 0 Å². The number of hydrogen-bond donors (Lipinski definition) is 0. The standard InChI is InChI=1S/C12H13ClO/c1-10(9-13)7-8-12(14)11-5-3-2-4-6-11/h2-6,9H,7-8H2,1H3/b10-9-. The van der Waals surface area contributed by atoms with Crippen LogP contribution in [0.4, 0.5) is 0 Å². The van der Waals surface area contributed by atoms with Crippen LogP contribution in [0, 0.1) is 0 Å². The van der Waals surface area contributed by atoms with E-state index in [0.29, 0.717) is 6.42 Å². The molecular weight excluding hydrogens is 196 g/mol. The van der Waals surface area contributed by atoms with E-state index in [-0.39, 0.29) is 5.78 Å². The molecule has 0 N–H and O–H groups in total. The lowest BCUT2D eigenvalue weighted by atomic mass is 10.0. The molecule has 1 aromatic carbocycles. The Morgan fingerprint density at radius 2 is 1.93 bits per heavy atom. The molecule has 1 nitrogen and oxygen atoms in total. The second kappa shape index (κ2) is 5.61. The first-order chi connectivity index (χ1) is 6.74. The Morgan fingerprint density at radius 3 is 2.50 bits per heavy atom. The van der Waals surface area contributed by atoms with Gasteiger partial charge < -0.3 is 0 Å². The van der Waals surface area contributed by atoms with E-state index in [9.17, 15) is 4.79 Å². The number of ketones is 1. The maximum absolute atomic E-state index is 11.6. The predicted molar refractivity (Wildman–Crippen MR) is 59.6 cm³/mol. The number of allylic oxidation sites excluding steroid dienone is 1. The van der Waals surface area contributed by atoms with Gasteiger partial charge in [0.15, 0.2) is 5.78 Å². The van der Waals surface area contributed by atoms with Crippen LogP contribution in [-0.2, 0) is 0 Å². The van der Waals surface area contributed by atoms with Gasteiger partial charge in [-0.2, -0.15) is 0 Å². The van der Waals surface area contributed by atoms with E-state index in [4.69, 9.17) is 11.6 Å². The Bertz CT molecular complexity index is 327. The number of carbonyl (C=O) groups is 1. The van der Waals surface area contributed by atoms with E-state index < -0.39 is 0 Å². The summed E-state index contributed by atoms with van der Waals surface area (Å²) in [5.74, 6) is 0.170. The van der Waals surface area contributed by atoms with Crippen LogP contribution in [0.5, 0.6) is 0 Å². The number of carbonyl (C=O) groups excluding carboxylic acids is 1. The molecule has 0 aliphatic carbocycles. The summed E-state index contributed by atoms with van der Waals surface area (Å²) in [6.45, 7) is 1.92. The molecule has 1 rings (SSSR count). The minimum Gasteiger partial charge on any atom is -0.294 e. The first-order valence-corrected chi connectivity index (χ1v) is 5.02. The molecule has 0 aliphatic heterocycles. The molecule has 0 spiro atoms. The topological polar surface area (TPSA) is 17.1 Å². The summed E-state index contributed by atoms with van der Waals surface area (Å²) >= 11 is 5.51. The molecule has 14 heavy (non-hydrogen) atoms. The highest BCUT2D eigenvalue weighted by Gasteiger charge is 2.04. The summed E-state index contributed by atoms with van der Waals surface area (Å²) in [5.41, 5.74) is 3.34. The minimum absolute atomic E-state index is 0.170. The molecule has 0 fully saturated rings. The van der Waals surface area contributed by atoms with Gasteiger partial charge in [0.25, 0.3) is 0 Å². The molecule has 0 saturated carbocycles. The summed E-state index contributed by atoms with van der Waals surface area (Å²) < 4.78 is 0. The van der Waals surface area contributed by atoms with Gasteiger partial charge >= 0.3 is 0 Å². The fraction of sp³-hybridized carbons (Fsp3) is 0.250. The second-order valence-corrected chi connectivity index (χ2v) is 3.46. The Hall–Kier alpha value is -1.08.